The first-order valence-corrected chi connectivity index (χ1v) is 11.4. The molecule has 1 N–H and O–H groups in total. The van der Waals surface area contributed by atoms with Gasteiger partial charge in [0.15, 0.2) is 0 Å². The highest BCUT2D eigenvalue weighted by Crippen LogP contribution is 2.27. The Balaban J connectivity index is 1.68. The zero-order valence-corrected chi connectivity index (χ0v) is 18.0. The van der Waals surface area contributed by atoms with Gasteiger partial charge in [-0.1, -0.05) is 23.7 Å². The topological polar surface area (TPSA) is 75.7 Å². The lowest BCUT2D eigenvalue weighted by Gasteiger charge is -2.23. The fourth-order valence-electron chi connectivity index (χ4n) is 3.34. The second-order valence-electron chi connectivity index (χ2n) is 7.26. The van der Waals surface area contributed by atoms with Gasteiger partial charge in [0.25, 0.3) is 0 Å². The van der Waals surface area contributed by atoms with Gasteiger partial charge in [-0.25, -0.2) is 8.42 Å². The molecule has 1 heterocycles. The molecule has 8 heteroatoms. The molecule has 3 rings (SSSR count). The number of hydrogen-bond acceptors (Lipinski definition) is 4. The molecule has 6 nitrogen and oxygen atoms in total. The average Bonchev–Trinajstić information content (AvgIpc) is 3.17. The Hall–Kier alpha value is -2.09. The zero-order chi connectivity index (χ0) is 21.0. The highest BCUT2D eigenvalue weighted by molar-refractivity contribution is 7.89. The van der Waals surface area contributed by atoms with E-state index in [2.05, 4.69) is 5.32 Å². The molecule has 0 radical (unpaired) electrons. The number of nitrogens with zero attached hydrogens (tertiary/aromatic N) is 1. The van der Waals surface area contributed by atoms with Crippen molar-refractivity contribution in [3.8, 4) is 5.75 Å². The van der Waals surface area contributed by atoms with Crippen molar-refractivity contribution in [2.24, 2.45) is 0 Å². The van der Waals surface area contributed by atoms with E-state index >= 15 is 0 Å². The summed E-state index contributed by atoms with van der Waals surface area (Å²) in [6.07, 6.45) is 1.20. The highest BCUT2D eigenvalue weighted by atomic mass is 35.5. The molecular formula is C21H25ClN2O4S. The van der Waals surface area contributed by atoms with E-state index in [9.17, 15) is 13.2 Å². The highest BCUT2D eigenvalue weighted by Gasteiger charge is 2.39. The van der Waals surface area contributed by atoms with Crippen LogP contribution < -0.4 is 10.1 Å². The van der Waals surface area contributed by atoms with E-state index in [0.717, 1.165) is 11.3 Å². The van der Waals surface area contributed by atoms with Crippen LogP contribution in [-0.2, 0) is 21.4 Å². The number of sulfonamides is 1. The van der Waals surface area contributed by atoms with E-state index in [1.807, 2.05) is 38.1 Å². The first-order chi connectivity index (χ1) is 13.8. The summed E-state index contributed by atoms with van der Waals surface area (Å²) in [4.78, 5) is 12.9. The van der Waals surface area contributed by atoms with Gasteiger partial charge in [-0.2, -0.15) is 4.31 Å². The summed E-state index contributed by atoms with van der Waals surface area (Å²) in [6, 6.07) is 12.8. The maximum Gasteiger partial charge on any atom is 0.243 e. The molecule has 1 aliphatic heterocycles. The molecule has 1 amide bonds. The number of nitrogens with one attached hydrogen (secondary N) is 1. The Morgan fingerprint density at radius 3 is 2.66 bits per heavy atom. The number of rotatable bonds is 7. The molecule has 29 heavy (non-hydrogen) atoms. The van der Waals surface area contributed by atoms with Crippen molar-refractivity contribution in [3.05, 3.63) is 59.1 Å². The fraction of sp³-hybridized carbons (Fsp3) is 0.381. The lowest BCUT2D eigenvalue weighted by atomic mass is 10.2. The monoisotopic (exact) mass is 436 g/mol. The van der Waals surface area contributed by atoms with Gasteiger partial charge in [-0.3, -0.25) is 4.79 Å². The lowest BCUT2D eigenvalue weighted by Crippen LogP contribution is -2.45. The number of amides is 1. The summed E-state index contributed by atoms with van der Waals surface area (Å²) in [5.74, 6) is 0.440. The van der Waals surface area contributed by atoms with Gasteiger partial charge < -0.3 is 10.1 Å². The molecule has 156 valence electrons. The largest absolute Gasteiger partial charge is 0.491 e. The number of benzene rings is 2. The van der Waals surface area contributed by atoms with E-state index < -0.39 is 16.1 Å². The van der Waals surface area contributed by atoms with E-state index in [4.69, 9.17) is 16.3 Å². The standard InChI is InChI=1S/C21H25ClN2O4S/c1-15(2)28-18-6-3-5-16(13-18)14-23-21(25)20-7-4-12-24(20)29(26,27)19-10-8-17(22)9-11-19/h3,5-6,8-11,13,15,20H,4,7,12,14H2,1-2H3,(H,23,25)/t20-/m0/s1. The maximum absolute atomic E-state index is 13.0. The molecule has 0 bridgehead atoms. The Morgan fingerprint density at radius 2 is 1.97 bits per heavy atom. The van der Waals surface area contributed by atoms with Crippen molar-refractivity contribution >= 4 is 27.5 Å². The van der Waals surface area contributed by atoms with Crippen LogP contribution in [0.25, 0.3) is 0 Å². The Labute approximate surface area is 176 Å². The molecule has 0 saturated carbocycles. The number of halogens is 1. The second kappa shape index (κ2) is 9.15. The third-order valence-electron chi connectivity index (χ3n) is 4.66. The quantitative estimate of drug-likeness (QED) is 0.719. The normalized spacial score (nSPS) is 17.4. The van der Waals surface area contributed by atoms with Gasteiger partial charge in [0.05, 0.1) is 11.0 Å². The molecule has 2 aromatic rings. The summed E-state index contributed by atoms with van der Waals surface area (Å²) in [6.45, 7) is 4.52. The number of carbonyl (C=O) groups excluding carboxylic acids is 1. The van der Waals surface area contributed by atoms with Crippen LogP contribution in [0.3, 0.4) is 0 Å². The van der Waals surface area contributed by atoms with Crippen LogP contribution in [0.5, 0.6) is 5.75 Å². The summed E-state index contributed by atoms with van der Waals surface area (Å²) in [5.41, 5.74) is 0.890. The smallest absolute Gasteiger partial charge is 0.243 e. The van der Waals surface area contributed by atoms with Crippen LogP contribution in [0.15, 0.2) is 53.4 Å². The van der Waals surface area contributed by atoms with Crippen molar-refractivity contribution in [2.75, 3.05) is 6.54 Å². The van der Waals surface area contributed by atoms with Gasteiger partial charge in [0, 0.05) is 18.1 Å². The van der Waals surface area contributed by atoms with Crippen molar-refractivity contribution in [2.45, 2.75) is 50.3 Å². The maximum atomic E-state index is 13.0. The van der Waals surface area contributed by atoms with Crippen LogP contribution in [-0.4, -0.2) is 37.3 Å². The Bertz CT molecular complexity index is 961. The SMILES string of the molecule is CC(C)Oc1cccc(CNC(=O)[C@@H]2CCCN2S(=O)(=O)c2ccc(Cl)cc2)c1. The summed E-state index contributed by atoms with van der Waals surface area (Å²) >= 11 is 5.86. The molecule has 1 saturated heterocycles. The predicted octanol–water partition coefficient (Wildman–Crippen LogP) is 3.60. The summed E-state index contributed by atoms with van der Waals surface area (Å²) < 4.78 is 32.9. The lowest BCUT2D eigenvalue weighted by molar-refractivity contribution is -0.124. The zero-order valence-electron chi connectivity index (χ0n) is 16.5. The third-order valence-corrected chi connectivity index (χ3v) is 6.84. The third kappa shape index (κ3) is 5.29. The van der Waals surface area contributed by atoms with Crippen molar-refractivity contribution in [1.29, 1.82) is 0 Å². The Morgan fingerprint density at radius 1 is 1.24 bits per heavy atom. The number of ether oxygens (including phenoxy) is 1. The van der Waals surface area contributed by atoms with Crippen LogP contribution in [0.4, 0.5) is 0 Å². The van der Waals surface area contributed by atoms with Gasteiger partial charge in [-0.15, -0.1) is 0 Å². The summed E-state index contributed by atoms with van der Waals surface area (Å²) in [5, 5.41) is 3.32. The average molecular weight is 437 g/mol. The minimum atomic E-state index is -3.76. The minimum Gasteiger partial charge on any atom is -0.491 e. The van der Waals surface area contributed by atoms with Crippen LogP contribution in [0.1, 0.15) is 32.3 Å². The minimum absolute atomic E-state index is 0.0602. The van der Waals surface area contributed by atoms with Crippen LogP contribution in [0, 0.1) is 0 Å². The molecule has 2 aromatic carbocycles. The van der Waals surface area contributed by atoms with Crippen LogP contribution in [0.2, 0.25) is 5.02 Å². The molecule has 0 spiro atoms. The number of hydrogen-bond donors (Lipinski definition) is 1. The number of carbonyl (C=O) groups is 1. The molecule has 0 aromatic heterocycles. The first-order valence-electron chi connectivity index (χ1n) is 9.58. The van der Waals surface area contributed by atoms with Crippen molar-refractivity contribution in [1.82, 2.24) is 9.62 Å². The van der Waals surface area contributed by atoms with Gasteiger partial charge in [0.2, 0.25) is 15.9 Å². The van der Waals surface area contributed by atoms with E-state index in [1.165, 1.54) is 28.6 Å². The first kappa shape index (κ1) is 21.6. The molecular weight excluding hydrogens is 412 g/mol. The molecule has 0 unspecified atom stereocenters. The van der Waals surface area contributed by atoms with E-state index in [1.54, 1.807) is 0 Å². The predicted molar refractivity (Wildman–Crippen MR) is 112 cm³/mol. The van der Waals surface area contributed by atoms with Crippen LogP contribution >= 0.6 is 11.6 Å². The van der Waals surface area contributed by atoms with Gasteiger partial charge in [-0.05, 0) is 68.7 Å². The fourth-order valence-corrected chi connectivity index (χ4v) is 5.12. The molecule has 1 aliphatic rings. The molecule has 0 aliphatic carbocycles. The van der Waals surface area contributed by atoms with Crippen molar-refractivity contribution < 1.29 is 17.9 Å². The van der Waals surface area contributed by atoms with E-state index in [-0.39, 0.29) is 16.9 Å². The Kier molecular flexibility index (Phi) is 6.82. The van der Waals surface area contributed by atoms with Gasteiger partial charge >= 0.3 is 0 Å². The van der Waals surface area contributed by atoms with E-state index in [0.29, 0.717) is 31.0 Å². The molecule has 1 fully saturated rings. The molecule has 1 atom stereocenters. The second-order valence-corrected chi connectivity index (χ2v) is 9.59. The van der Waals surface area contributed by atoms with Crippen molar-refractivity contribution in [3.63, 3.8) is 0 Å². The van der Waals surface area contributed by atoms with Gasteiger partial charge in [0.1, 0.15) is 11.8 Å². The summed E-state index contributed by atoms with van der Waals surface area (Å²) in [7, 11) is -3.76.